The number of nitrogens with one attached hydrogen (secondary N) is 2. The molecule has 0 aromatic heterocycles. The van der Waals surface area contributed by atoms with Crippen molar-refractivity contribution in [2.24, 2.45) is 0 Å². The van der Waals surface area contributed by atoms with Crippen molar-refractivity contribution in [3.8, 4) is 0 Å². The smallest absolute Gasteiger partial charge is 0.246 e. The molecule has 0 saturated carbocycles. The molecule has 2 N–H and O–H groups in total. The van der Waals surface area contributed by atoms with Gasteiger partial charge in [-0.05, 0) is 49.3 Å². The number of hydrogen-bond acceptors (Lipinski definition) is 3. The van der Waals surface area contributed by atoms with Crippen molar-refractivity contribution in [3.05, 3.63) is 59.7 Å². The van der Waals surface area contributed by atoms with Gasteiger partial charge in [-0.1, -0.05) is 37.3 Å². The van der Waals surface area contributed by atoms with Gasteiger partial charge in [0.15, 0.2) is 0 Å². The normalized spacial score (nSPS) is 14.6. The number of rotatable bonds is 5. The number of hydrogen-bond donors (Lipinski definition) is 2. The van der Waals surface area contributed by atoms with E-state index in [2.05, 4.69) is 10.6 Å². The largest absolute Gasteiger partial charge is 0.326 e. The Morgan fingerprint density at radius 1 is 1.20 bits per heavy atom. The fourth-order valence-corrected chi connectivity index (χ4v) is 3.10. The molecular formula is C20H23N3O2. The fraction of sp³-hybridized carbons (Fsp3) is 0.300. The number of likely N-dealkylation sites (N-methyl/N-ethyl adjacent to an activating group) is 1. The molecule has 0 spiro atoms. The Kier molecular flexibility index (Phi) is 5.14. The zero-order chi connectivity index (χ0) is 17.8. The highest BCUT2D eigenvalue weighted by molar-refractivity contribution is 5.97. The van der Waals surface area contributed by atoms with Crippen molar-refractivity contribution in [1.29, 1.82) is 0 Å². The first-order valence-electron chi connectivity index (χ1n) is 8.57. The van der Waals surface area contributed by atoms with E-state index in [1.807, 2.05) is 67.4 Å². The Balaban J connectivity index is 1.81. The second-order valence-electron chi connectivity index (χ2n) is 6.30. The minimum Gasteiger partial charge on any atom is -0.326 e. The number of carbonyl (C=O) groups excluding carboxylic acids is 2. The van der Waals surface area contributed by atoms with E-state index in [4.69, 9.17) is 0 Å². The zero-order valence-electron chi connectivity index (χ0n) is 14.6. The number of aryl methyl sites for hydroxylation is 1. The summed E-state index contributed by atoms with van der Waals surface area (Å²) in [6.07, 6.45) is 1.18. The predicted molar refractivity (Wildman–Crippen MR) is 99.5 cm³/mol. The highest BCUT2D eigenvalue weighted by atomic mass is 16.2. The maximum absolute atomic E-state index is 12.9. The molecular weight excluding hydrogens is 314 g/mol. The van der Waals surface area contributed by atoms with E-state index in [0.717, 1.165) is 29.0 Å². The van der Waals surface area contributed by atoms with Crippen molar-refractivity contribution in [1.82, 2.24) is 4.90 Å². The Morgan fingerprint density at radius 3 is 2.68 bits per heavy atom. The Morgan fingerprint density at radius 2 is 1.96 bits per heavy atom. The van der Waals surface area contributed by atoms with Gasteiger partial charge in [0.05, 0.1) is 0 Å². The monoisotopic (exact) mass is 337 g/mol. The number of anilines is 2. The molecule has 0 unspecified atom stereocenters. The van der Waals surface area contributed by atoms with Crippen molar-refractivity contribution in [2.45, 2.75) is 25.8 Å². The van der Waals surface area contributed by atoms with Crippen molar-refractivity contribution in [2.75, 3.05) is 24.2 Å². The lowest BCUT2D eigenvalue weighted by Crippen LogP contribution is -2.34. The molecule has 1 aliphatic rings. The summed E-state index contributed by atoms with van der Waals surface area (Å²) in [5.41, 5.74) is 3.61. The number of benzene rings is 2. The Labute approximate surface area is 148 Å². The van der Waals surface area contributed by atoms with Gasteiger partial charge in [-0.15, -0.1) is 0 Å². The van der Waals surface area contributed by atoms with Gasteiger partial charge in [-0.3, -0.25) is 14.5 Å². The predicted octanol–water partition coefficient (Wildman–Crippen LogP) is 3.20. The summed E-state index contributed by atoms with van der Waals surface area (Å²) in [7, 11) is 1.94. The van der Waals surface area contributed by atoms with E-state index in [9.17, 15) is 9.59 Å². The summed E-state index contributed by atoms with van der Waals surface area (Å²) in [5, 5.41) is 5.88. The van der Waals surface area contributed by atoms with E-state index < -0.39 is 0 Å². The van der Waals surface area contributed by atoms with E-state index >= 15 is 0 Å². The minimum absolute atomic E-state index is 0.0398. The molecule has 25 heavy (non-hydrogen) atoms. The zero-order valence-corrected chi connectivity index (χ0v) is 14.6. The third kappa shape index (κ3) is 3.88. The van der Waals surface area contributed by atoms with Crippen LogP contribution >= 0.6 is 0 Å². The first kappa shape index (κ1) is 17.2. The maximum atomic E-state index is 12.9. The second-order valence-corrected chi connectivity index (χ2v) is 6.30. The minimum atomic E-state index is -0.345. The first-order valence-corrected chi connectivity index (χ1v) is 8.57. The van der Waals surface area contributed by atoms with Crippen LogP contribution in [0.1, 0.15) is 30.5 Å². The molecule has 2 aromatic carbocycles. The Hall–Kier alpha value is -2.66. The topological polar surface area (TPSA) is 61.4 Å². The Bertz CT molecular complexity index is 774. The van der Waals surface area contributed by atoms with Crippen LogP contribution in [0.5, 0.6) is 0 Å². The molecule has 0 fully saturated rings. The quantitative estimate of drug-likeness (QED) is 0.881. The number of fused-ring (bicyclic) bond motifs is 1. The van der Waals surface area contributed by atoms with Gasteiger partial charge in [0.2, 0.25) is 11.8 Å². The average Bonchev–Trinajstić information content (AvgIpc) is 2.62. The third-order valence-electron chi connectivity index (χ3n) is 4.57. The molecule has 2 amide bonds. The van der Waals surface area contributed by atoms with Gasteiger partial charge >= 0.3 is 0 Å². The van der Waals surface area contributed by atoms with Crippen molar-refractivity contribution >= 4 is 23.2 Å². The van der Waals surface area contributed by atoms with Crippen LogP contribution in [-0.4, -0.2) is 30.3 Å². The summed E-state index contributed by atoms with van der Waals surface area (Å²) in [6, 6.07) is 15.1. The molecule has 0 bridgehead atoms. The molecule has 2 aromatic rings. The van der Waals surface area contributed by atoms with Crippen LogP contribution in [0, 0.1) is 0 Å². The van der Waals surface area contributed by atoms with Gasteiger partial charge in [0.1, 0.15) is 6.04 Å². The molecule has 5 heteroatoms. The second kappa shape index (κ2) is 7.49. The van der Waals surface area contributed by atoms with Gasteiger partial charge in [-0.2, -0.15) is 0 Å². The lowest BCUT2D eigenvalue weighted by atomic mass is 10.0. The summed E-state index contributed by atoms with van der Waals surface area (Å²) >= 11 is 0. The van der Waals surface area contributed by atoms with Crippen LogP contribution in [0.2, 0.25) is 0 Å². The molecule has 1 heterocycles. The SMILES string of the molecule is CCN(C)[C@H](C(=O)Nc1ccc2c(c1)CCC(=O)N2)c1ccccc1. The highest BCUT2D eigenvalue weighted by Crippen LogP contribution is 2.27. The van der Waals surface area contributed by atoms with E-state index in [-0.39, 0.29) is 17.9 Å². The standard InChI is InChI=1S/C20H23N3O2/c1-3-23(2)19(14-7-5-4-6-8-14)20(25)21-16-10-11-17-15(13-16)9-12-18(24)22-17/h4-8,10-11,13,19H,3,9,12H2,1-2H3,(H,21,25)(H,22,24)/t19-/m0/s1. The first-order chi connectivity index (χ1) is 12.1. The van der Waals surface area contributed by atoms with E-state index in [1.54, 1.807) is 0 Å². The maximum Gasteiger partial charge on any atom is 0.246 e. The number of nitrogens with zero attached hydrogens (tertiary/aromatic N) is 1. The molecule has 0 saturated heterocycles. The van der Waals surface area contributed by atoms with Gasteiger partial charge in [-0.25, -0.2) is 0 Å². The van der Waals surface area contributed by atoms with Crippen LogP contribution in [0.15, 0.2) is 48.5 Å². The molecule has 1 aliphatic heterocycles. The van der Waals surface area contributed by atoms with E-state index in [1.165, 1.54) is 0 Å². The lowest BCUT2D eigenvalue weighted by molar-refractivity contribution is -0.121. The van der Waals surface area contributed by atoms with Gasteiger partial charge in [0, 0.05) is 17.8 Å². The van der Waals surface area contributed by atoms with Crippen LogP contribution in [0.3, 0.4) is 0 Å². The summed E-state index contributed by atoms with van der Waals surface area (Å²) < 4.78 is 0. The fourth-order valence-electron chi connectivity index (χ4n) is 3.10. The van der Waals surface area contributed by atoms with E-state index in [0.29, 0.717) is 12.8 Å². The highest BCUT2D eigenvalue weighted by Gasteiger charge is 2.24. The molecule has 0 aliphatic carbocycles. The summed E-state index contributed by atoms with van der Waals surface area (Å²) in [4.78, 5) is 26.4. The summed E-state index contributed by atoms with van der Waals surface area (Å²) in [5.74, 6) is -0.0201. The van der Waals surface area contributed by atoms with Crippen LogP contribution in [-0.2, 0) is 16.0 Å². The van der Waals surface area contributed by atoms with Gasteiger partial charge in [0.25, 0.3) is 0 Å². The average molecular weight is 337 g/mol. The van der Waals surface area contributed by atoms with Crippen LogP contribution in [0.25, 0.3) is 0 Å². The van der Waals surface area contributed by atoms with Crippen molar-refractivity contribution in [3.63, 3.8) is 0 Å². The molecule has 3 rings (SSSR count). The van der Waals surface area contributed by atoms with Crippen molar-refractivity contribution < 1.29 is 9.59 Å². The van der Waals surface area contributed by atoms with Crippen LogP contribution in [0.4, 0.5) is 11.4 Å². The third-order valence-corrected chi connectivity index (χ3v) is 4.57. The summed E-state index contributed by atoms with van der Waals surface area (Å²) in [6.45, 7) is 2.80. The lowest BCUT2D eigenvalue weighted by Gasteiger charge is -2.26. The number of carbonyl (C=O) groups is 2. The molecule has 0 radical (unpaired) electrons. The molecule has 1 atom stereocenters. The van der Waals surface area contributed by atoms with Gasteiger partial charge < -0.3 is 10.6 Å². The van der Waals surface area contributed by atoms with Crippen LogP contribution < -0.4 is 10.6 Å². The number of amides is 2. The molecule has 130 valence electrons. The molecule has 5 nitrogen and oxygen atoms in total.